The molecule has 0 aliphatic carbocycles. The number of anilines is 1. The van der Waals surface area contributed by atoms with E-state index in [4.69, 9.17) is 0 Å². The van der Waals surface area contributed by atoms with Crippen LogP contribution >= 0.6 is 15.9 Å². The summed E-state index contributed by atoms with van der Waals surface area (Å²) in [7, 11) is 0. The molecule has 0 saturated heterocycles. The average Bonchev–Trinajstić information content (AvgIpc) is 2.33. The summed E-state index contributed by atoms with van der Waals surface area (Å²) in [6, 6.07) is 4.16. The van der Waals surface area contributed by atoms with Crippen LogP contribution in [0.2, 0.25) is 0 Å². The Morgan fingerprint density at radius 2 is 2.00 bits per heavy atom. The number of hydrogen-bond acceptors (Lipinski definition) is 3. The summed E-state index contributed by atoms with van der Waals surface area (Å²) < 4.78 is 14.0. The topological polar surface area (TPSA) is 54.9 Å². The monoisotopic (exact) mass is 295 g/mol. The Hall–Kier alpha value is -1.82. The van der Waals surface area contributed by atoms with E-state index >= 15 is 0 Å². The maximum atomic E-state index is 13.4. The molecule has 1 heterocycles. The summed E-state index contributed by atoms with van der Waals surface area (Å²) in [5, 5.41) is 2.50. The summed E-state index contributed by atoms with van der Waals surface area (Å²) in [6.45, 7) is 0. The molecule has 1 aromatic heterocycles. The number of benzene rings is 1. The first-order chi connectivity index (χ1) is 8.16. The fourth-order valence-corrected chi connectivity index (χ4v) is 1.59. The first-order valence-corrected chi connectivity index (χ1v) is 5.47. The third kappa shape index (κ3) is 2.85. The summed E-state index contributed by atoms with van der Waals surface area (Å²) in [4.78, 5) is 19.2. The molecule has 0 radical (unpaired) electrons. The van der Waals surface area contributed by atoms with E-state index in [-0.39, 0.29) is 5.56 Å². The number of rotatable bonds is 2. The zero-order valence-electron chi connectivity index (χ0n) is 8.52. The molecule has 86 valence electrons. The highest BCUT2D eigenvalue weighted by atomic mass is 79.9. The van der Waals surface area contributed by atoms with Gasteiger partial charge in [-0.05, 0) is 18.2 Å². The van der Waals surface area contributed by atoms with Crippen molar-refractivity contribution in [3.8, 4) is 0 Å². The second-order valence-corrected chi connectivity index (χ2v) is 4.12. The van der Waals surface area contributed by atoms with Crippen molar-refractivity contribution in [2.75, 3.05) is 5.32 Å². The number of amides is 1. The highest BCUT2D eigenvalue weighted by molar-refractivity contribution is 9.10. The van der Waals surface area contributed by atoms with Crippen LogP contribution in [0.5, 0.6) is 0 Å². The van der Waals surface area contributed by atoms with Gasteiger partial charge < -0.3 is 5.32 Å². The van der Waals surface area contributed by atoms with Gasteiger partial charge in [0.05, 0.1) is 23.6 Å². The van der Waals surface area contributed by atoms with Gasteiger partial charge >= 0.3 is 0 Å². The molecule has 0 bridgehead atoms. The van der Waals surface area contributed by atoms with Crippen LogP contribution in [0, 0.1) is 5.82 Å². The predicted molar refractivity (Wildman–Crippen MR) is 64.1 cm³/mol. The normalized spacial score (nSPS) is 10.0. The van der Waals surface area contributed by atoms with Crippen LogP contribution in [0.4, 0.5) is 10.1 Å². The van der Waals surface area contributed by atoms with Crippen LogP contribution in [0.15, 0.2) is 41.4 Å². The Morgan fingerprint density at radius 3 is 2.71 bits per heavy atom. The smallest absolute Gasteiger partial charge is 0.258 e. The lowest BCUT2D eigenvalue weighted by atomic mass is 10.2. The van der Waals surface area contributed by atoms with Crippen LogP contribution in [0.1, 0.15) is 10.4 Å². The third-order valence-electron chi connectivity index (χ3n) is 1.99. The van der Waals surface area contributed by atoms with E-state index in [0.717, 1.165) is 0 Å². The molecular weight excluding hydrogens is 289 g/mol. The van der Waals surface area contributed by atoms with Gasteiger partial charge in [0, 0.05) is 4.47 Å². The lowest BCUT2D eigenvalue weighted by molar-refractivity contribution is 0.102. The van der Waals surface area contributed by atoms with Crippen molar-refractivity contribution in [2.45, 2.75) is 0 Å². The minimum atomic E-state index is -0.581. The zero-order chi connectivity index (χ0) is 12.3. The predicted octanol–water partition coefficient (Wildman–Crippen LogP) is 2.63. The molecule has 1 N–H and O–H groups in total. The number of halogens is 2. The van der Waals surface area contributed by atoms with Gasteiger partial charge in [0.25, 0.3) is 5.91 Å². The van der Waals surface area contributed by atoms with Gasteiger partial charge in [-0.1, -0.05) is 15.9 Å². The van der Waals surface area contributed by atoms with Gasteiger partial charge in [0.1, 0.15) is 12.1 Å². The van der Waals surface area contributed by atoms with Crippen molar-refractivity contribution >= 4 is 27.5 Å². The van der Waals surface area contributed by atoms with Gasteiger partial charge in [-0.15, -0.1) is 0 Å². The van der Waals surface area contributed by atoms with Gasteiger partial charge in [-0.3, -0.25) is 4.79 Å². The first kappa shape index (κ1) is 11.7. The summed E-state index contributed by atoms with van der Waals surface area (Å²) in [5.41, 5.74) is 0.375. The maximum absolute atomic E-state index is 13.4. The molecule has 17 heavy (non-hydrogen) atoms. The van der Waals surface area contributed by atoms with Crippen molar-refractivity contribution in [3.63, 3.8) is 0 Å². The molecule has 4 nitrogen and oxygen atoms in total. The third-order valence-corrected chi connectivity index (χ3v) is 2.48. The Morgan fingerprint density at radius 1 is 1.29 bits per heavy atom. The summed E-state index contributed by atoms with van der Waals surface area (Å²) in [6.07, 6.45) is 4.21. The largest absolute Gasteiger partial charge is 0.319 e. The number of hydrogen-bond donors (Lipinski definition) is 1. The Balaban J connectivity index is 2.23. The first-order valence-electron chi connectivity index (χ1n) is 4.68. The highest BCUT2D eigenvalue weighted by Gasteiger charge is 2.12. The minimum absolute atomic E-state index is 0.0387. The number of aromatic nitrogens is 2. The Kier molecular flexibility index (Phi) is 3.43. The lowest BCUT2D eigenvalue weighted by Crippen LogP contribution is -2.14. The van der Waals surface area contributed by atoms with Crippen molar-refractivity contribution in [1.29, 1.82) is 0 Å². The van der Waals surface area contributed by atoms with E-state index in [2.05, 4.69) is 31.2 Å². The molecule has 1 aromatic carbocycles. The fraction of sp³-hybridized carbons (Fsp3) is 0. The van der Waals surface area contributed by atoms with Crippen LogP contribution < -0.4 is 5.32 Å². The van der Waals surface area contributed by atoms with Crippen LogP contribution in [-0.2, 0) is 0 Å². The lowest BCUT2D eigenvalue weighted by Gasteiger charge is -2.05. The molecule has 0 aliphatic rings. The van der Waals surface area contributed by atoms with E-state index in [1.54, 1.807) is 0 Å². The van der Waals surface area contributed by atoms with Crippen LogP contribution in [0.3, 0.4) is 0 Å². The second kappa shape index (κ2) is 5.01. The quantitative estimate of drug-likeness (QED) is 0.927. The van der Waals surface area contributed by atoms with E-state index in [9.17, 15) is 9.18 Å². The van der Waals surface area contributed by atoms with Gasteiger partial charge in [-0.25, -0.2) is 14.4 Å². The second-order valence-electron chi connectivity index (χ2n) is 3.21. The SMILES string of the molecule is O=C(Nc1cncnc1)c1cc(Br)ccc1F. The van der Waals surface area contributed by atoms with Gasteiger partial charge in [0.15, 0.2) is 0 Å². The number of nitrogens with zero attached hydrogens (tertiary/aromatic N) is 2. The van der Waals surface area contributed by atoms with E-state index in [1.807, 2.05) is 0 Å². The maximum Gasteiger partial charge on any atom is 0.258 e. The standard InChI is InChI=1S/C11H7BrFN3O/c12-7-1-2-10(13)9(3-7)11(17)16-8-4-14-6-15-5-8/h1-6H,(H,16,17). The van der Waals surface area contributed by atoms with Gasteiger partial charge in [0.2, 0.25) is 0 Å². The van der Waals surface area contributed by atoms with Gasteiger partial charge in [-0.2, -0.15) is 0 Å². The number of nitrogens with one attached hydrogen (secondary N) is 1. The molecule has 6 heteroatoms. The van der Waals surface area contributed by atoms with Crippen molar-refractivity contribution in [2.24, 2.45) is 0 Å². The van der Waals surface area contributed by atoms with E-state index in [0.29, 0.717) is 10.2 Å². The van der Waals surface area contributed by atoms with Crippen LogP contribution in [0.25, 0.3) is 0 Å². The molecule has 0 saturated carbocycles. The highest BCUT2D eigenvalue weighted by Crippen LogP contribution is 2.16. The minimum Gasteiger partial charge on any atom is -0.319 e. The van der Waals surface area contributed by atoms with Crippen molar-refractivity contribution < 1.29 is 9.18 Å². The molecule has 0 aliphatic heterocycles. The zero-order valence-corrected chi connectivity index (χ0v) is 10.1. The summed E-state index contributed by atoms with van der Waals surface area (Å²) >= 11 is 3.18. The molecule has 1 amide bonds. The van der Waals surface area contributed by atoms with E-state index in [1.165, 1.54) is 36.9 Å². The molecular formula is C11H7BrFN3O. The molecule has 2 rings (SSSR count). The molecule has 0 atom stereocenters. The van der Waals surface area contributed by atoms with Crippen molar-refractivity contribution in [3.05, 3.63) is 52.8 Å². The average molecular weight is 296 g/mol. The number of carbonyl (C=O) groups excluding carboxylic acids is 1. The molecule has 2 aromatic rings. The van der Waals surface area contributed by atoms with Crippen LogP contribution in [-0.4, -0.2) is 15.9 Å². The molecule has 0 spiro atoms. The van der Waals surface area contributed by atoms with E-state index < -0.39 is 11.7 Å². The fourth-order valence-electron chi connectivity index (χ4n) is 1.23. The Labute approximate surface area is 105 Å². The number of carbonyl (C=O) groups is 1. The summed E-state index contributed by atoms with van der Waals surface area (Å²) in [5.74, 6) is -1.12. The molecule has 0 fully saturated rings. The molecule has 0 unspecified atom stereocenters. The van der Waals surface area contributed by atoms with Crippen molar-refractivity contribution in [1.82, 2.24) is 9.97 Å². The Bertz CT molecular complexity index is 548.